The molecule has 0 aromatic heterocycles. The van der Waals surface area contributed by atoms with Gasteiger partial charge in [0.1, 0.15) is 6.29 Å². The van der Waals surface area contributed by atoms with Gasteiger partial charge in [0.25, 0.3) is 0 Å². The van der Waals surface area contributed by atoms with Crippen molar-refractivity contribution < 1.29 is 14.3 Å². The second-order valence-corrected chi connectivity index (χ2v) is 3.58. The average molecular weight is 208 g/mol. The third kappa shape index (κ3) is 2.12. The molecule has 0 saturated heterocycles. The first-order valence-electron chi connectivity index (χ1n) is 4.85. The Kier molecular flexibility index (Phi) is 3.72. The number of hydrogen-bond donors (Lipinski definition) is 0. The molecule has 15 heavy (non-hydrogen) atoms. The van der Waals surface area contributed by atoms with Crippen molar-refractivity contribution in [1.29, 1.82) is 0 Å². The van der Waals surface area contributed by atoms with Crippen molar-refractivity contribution in [2.24, 2.45) is 0 Å². The molecule has 0 atom stereocenters. The SMILES string of the molecule is COc1ccc(C=O)c(C(C)C)c1OC. The normalized spacial score (nSPS) is 10.2. The molecule has 0 aliphatic carbocycles. The van der Waals surface area contributed by atoms with Crippen LogP contribution < -0.4 is 9.47 Å². The van der Waals surface area contributed by atoms with E-state index in [-0.39, 0.29) is 5.92 Å². The molecule has 3 heteroatoms. The molecule has 0 heterocycles. The maximum atomic E-state index is 10.9. The van der Waals surface area contributed by atoms with Crippen LogP contribution in [0, 0.1) is 0 Å². The van der Waals surface area contributed by atoms with E-state index in [1.807, 2.05) is 13.8 Å². The molecule has 3 nitrogen and oxygen atoms in total. The van der Waals surface area contributed by atoms with Crippen molar-refractivity contribution in [2.75, 3.05) is 14.2 Å². The van der Waals surface area contributed by atoms with Crippen LogP contribution in [-0.2, 0) is 0 Å². The van der Waals surface area contributed by atoms with Gasteiger partial charge in [0.05, 0.1) is 14.2 Å². The minimum atomic E-state index is 0.218. The van der Waals surface area contributed by atoms with E-state index in [4.69, 9.17) is 9.47 Å². The molecule has 0 spiro atoms. The third-order valence-corrected chi connectivity index (χ3v) is 2.32. The van der Waals surface area contributed by atoms with Gasteiger partial charge < -0.3 is 9.47 Å². The Bertz CT molecular complexity index is 356. The highest BCUT2D eigenvalue weighted by molar-refractivity contribution is 5.80. The highest BCUT2D eigenvalue weighted by Gasteiger charge is 2.16. The Morgan fingerprint density at radius 1 is 1.20 bits per heavy atom. The molecule has 0 aliphatic heterocycles. The number of ether oxygens (including phenoxy) is 2. The molecule has 0 bridgehead atoms. The molecule has 0 aliphatic rings. The van der Waals surface area contributed by atoms with Crippen molar-refractivity contribution in [3.05, 3.63) is 23.3 Å². The van der Waals surface area contributed by atoms with Gasteiger partial charge in [-0.05, 0) is 18.1 Å². The number of rotatable bonds is 4. The lowest BCUT2D eigenvalue weighted by molar-refractivity contribution is 0.112. The zero-order valence-corrected chi connectivity index (χ0v) is 9.53. The second kappa shape index (κ2) is 4.82. The third-order valence-electron chi connectivity index (χ3n) is 2.32. The van der Waals surface area contributed by atoms with E-state index in [0.29, 0.717) is 17.1 Å². The van der Waals surface area contributed by atoms with Crippen molar-refractivity contribution >= 4 is 6.29 Å². The smallest absolute Gasteiger partial charge is 0.164 e. The van der Waals surface area contributed by atoms with Gasteiger partial charge in [-0.3, -0.25) is 4.79 Å². The topological polar surface area (TPSA) is 35.5 Å². The van der Waals surface area contributed by atoms with Crippen LogP contribution in [0.5, 0.6) is 11.5 Å². The van der Waals surface area contributed by atoms with Gasteiger partial charge in [-0.25, -0.2) is 0 Å². The van der Waals surface area contributed by atoms with Crippen LogP contribution in [0.2, 0.25) is 0 Å². The number of hydrogen-bond acceptors (Lipinski definition) is 3. The van der Waals surface area contributed by atoms with Gasteiger partial charge in [0.15, 0.2) is 11.5 Å². The summed E-state index contributed by atoms with van der Waals surface area (Å²) in [6.45, 7) is 4.04. The van der Waals surface area contributed by atoms with Gasteiger partial charge >= 0.3 is 0 Å². The van der Waals surface area contributed by atoms with Gasteiger partial charge in [-0.1, -0.05) is 13.8 Å². The molecule has 0 saturated carbocycles. The average Bonchev–Trinajstić information content (AvgIpc) is 2.26. The number of benzene rings is 1. The minimum absolute atomic E-state index is 0.218. The highest BCUT2D eigenvalue weighted by Crippen LogP contribution is 2.37. The standard InChI is InChI=1S/C12H16O3/c1-8(2)11-9(7-13)5-6-10(14-3)12(11)15-4/h5-8H,1-4H3. The lowest BCUT2D eigenvalue weighted by Crippen LogP contribution is -2.02. The quantitative estimate of drug-likeness (QED) is 0.713. The number of carbonyl (C=O) groups is 1. The summed E-state index contributed by atoms with van der Waals surface area (Å²) in [6, 6.07) is 3.50. The molecular weight excluding hydrogens is 192 g/mol. The summed E-state index contributed by atoms with van der Waals surface area (Å²) in [5.41, 5.74) is 1.55. The summed E-state index contributed by atoms with van der Waals surface area (Å²) in [4.78, 5) is 10.9. The molecule has 1 aromatic rings. The lowest BCUT2D eigenvalue weighted by atomic mass is 9.96. The van der Waals surface area contributed by atoms with Gasteiger partial charge in [-0.2, -0.15) is 0 Å². The van der Waals surface area contributed by atoms with Crippen LogP contribution in [0.3, 0.4) is 0 Å². The second-order valence-electron chi connectivity index (χ2n) is 3.58. The van der Waals surface area contributed by atoms with E-state index >= 15 is 0 Å². The van der Waals surface area contributed by atoms with Crippen molar-refractivity contribution in [1.82, 2.24) is 0 Å². The summed E-state index contributed by atoms with van der Waals surface area (Å²) in [5, 5.41) is 0. The zero-order chi connectivity index (χ0) is 11.4. The molecule has 0 radical (unpaired) electrons. The summed E-state index contributed by atoms with van der Waals surface area (Å²) >= 11 is 0. The van der Waals surface area contributed by atoms with Gasteiger partial charge in [0, 0.05) is 11.1 Å². The zero-order valence-electron chi connectivity index (χ0n) is 9.53. The maximum Gasteiger partial charge on any atom is 0.164 e. The summed E-state index contributed by atoms with van der Waals surface area (Å²) in [7, 11) is 3.17. The highest BCUT2D eigenvalue weighted by atomic mass is 16.5. The molecule has 0 amide bonds. The van der Waals surface area contributed by atoms with Crippen LogP contribution in [-0.4, -0.2) is 20.5 Å². The van der Waals surface area contributed by atoms with Crippen LogP contribution in [0.4, 0.5) is 0 Å². The van der Waals surface area contributed by atoms with Crippen molar-refractivity contribution in [3.63, 3.8) is 0 Å². The van der Waals surface area contributed by atoms with E-state index in [1.165, 1.54) is 0 Å². The Balaban J connectivity index is 3.44. The van der Waals surface area contributed by atoms with E-state index < -0.39 is 0 Å². The lowest BCUT2D eigenvalue weighted by Gasteiger charge is -2.16. The summed E-state index contributed by atoms with van der Waals surface area (Å²) in [6.07, 6.45) is 0.845. The number of aldehydes is 1. The Hall–Kier alpha value is -1.51. The fourth-order valence-corrected chi connectivity index (χ4v) is 1.66. The van der Waals surface area contributed by atoms with Gasteiger partial charge in [0.2, 0.25) is 0 Å². The van der Waals surface area contributed by atoms with Crippen LogP contribution in [0.1, 0.15) is 35.7 Å². The molecule has 82 valence electrons. The fourth-order valence-electron chi connectivity index (χ4n) is 1.66. The number of carbonyl (C=O) groups excluding carboxylic acids is 1. The summed E-state index contributed by atoms with van der Waals surface area (Å²) in [5.74, 6) is 1.53. The van der Waals surface area contributed by atoms with E-state index in [9.17, 15) is 4.79 Å². The van der Waals surface area contributed by atoms with Crippen LogP contribution in [0.15, 0.2) is 12.1 Å². The first kappa shape index (κ1) is 11.6. The van der Waals surface area contributed by atoms with E-state index in [2.05, 4.69) is 0 Å². The molecular formula is C12H16O3. The fraction of sp³-hybridized carbons (Fsp3) is 0.417. The maximum absolute atomic E-state index is 10.9. The van der Waals surface area contributed by atoms with Crippen molar-refractivity contribution in [3.8, 4) is 11.5 Å². The van der Waals surface area contributed by atoms with Crippen LogP contribution in [0.25, 0.3) is 0 Å². The minimum Gasteiger partial charge on any atom is -0.493 e. The van der Waals surface area contributed by atoms with E-state index in [1.54, 1.807) is 26.4 Å². The van der Waals surface area contributed by atoms with Gasteiger partial charge in [-0.15, -0.1) is 0 Å². The molecule has 0 fully saturated rings. The molecule has 0 N–H and O–H groups in total. The van der Waals surface area contributed by atoms with Crippen molar-refractivity contribution in [2.45, 2.75) is 19.8 Å². The first-order chi connectivity index (χ1) is 7.15. The summed E-state index contributed by atoms with van der Waals surface area (Å²) < 4.78 is 10.5. The van der Waals surface area contributed by atoms with Crippen LogP contribution >= 0.6 is 0 Å². The molecule has 1 aromatic carbocycles. The predicted molar refractivity (Wildman–Crippen MR) is 59.0 cm³/mol. The first-order valence-corrected chi connectivity index (χ1v) is 4.85. The largest absolute Gasteiger partial charge is 0.493 e. The molecule has 1 rings (SSSR count). The Labute approximate surface area is 90.0 Å². The Morgan fingerprint density at radius 3 is 2.27 bits per heavy atom. The monoisotopic (exact) mass is 208 g/mol. The number of methoxy groups -OCH3 is 2. The predicted octanol–water partition coefficient (Wildman–Crippen LogP) is 2.64. The Morgan fingerprint density at radius 2 is 1.87 bits per heavy atom. The molecule has 0 unspecified atom stereocenters. The van der Waals surface area contributed by atoms with E-state index in [0.717, 1.165) is 11.8 Å².